The van der Waals surface area contributed by atoms with Gasteiger partial charge in [0.2, 0.25) is 0 Å². The van der Waals surface area contributed by atoms with Crippen LogP contribution in [-0.2, 0) is 0 Å². The summed E-state index contributed by atoms with van der Waals surface area (Å²) in [6, 6.07) is 0.819. The smallest absolute Gasteiger partial charge is 0.0235 e. The van der Waals surface area contributed by atoms with Crippen molar-refractivity contribution in [1.29, 1.82) is 0 Å². The van der Waals surface area contributed by atoms with Crippen LogP contribution in [-0.4, -0.2) is 49.1 Å². The first-order valence-corrected chi connectivity index (χ1v) is 7.74. The number of fused-ring (bicyclic) bond motifs is 1. The molecule has 15 heavy (non-hydrogen) atoms. The molecule has 3 heteroatoms. The molecule has 0 amide bonds. The van der Waals surface area contributed by atoms with Crippen molar-refractivity contribution in [2.24, 2.45) is 5.92 Å². The van der Waals surface area contributed by atoms with Gasteiger partial charge in [0.25, 0.3) is 0 Å². The molecule has 2 atom stereocenters. The van der Waals surface area contributed by atoms with Crippen LogP contribution in [0.5, 0.6) is 0 Å². The number of hydrogen-bond donors (Lipinski definition) is 1. The topological polar surface area (TPSA) is 15.3 Å². The van der Waals surface area contributed by atoms with E-state index in [1.165, 1.54) is 57.6 Å². The summed E-state index contributed by atoms with van der Waals surface area (Å²) in [6.45, 7) is 5.25. The molecule has 0 aromatic rings. The van der Waals surface area contributed by atoms with Gasteiger partial charge in [-0.05, 0) is 56.7 Å². The highest BCUT2D eigenvalue weighted by Crippen LogP contribution is 2.24. The largest absolute Gasteiger partial charge is 0.312 e. The third-order valence-corrected chi connectivity index (χ3v) is 4.44. The second-order valence-corrected chi connectivity index (χ2v) is 5.91. The molecule has 2 aliphatic rings. The van der Waals surface area contributed by atoms with Crippen LogP contribution in [0.4, 0.5) is 0 Å². The van der Waals surface area contributed by atoms with Crippen molar-refractivity contribution in [3.05, 3.63) is 0 Å². The van der Waals surface area contributed by atoms with Gasteiger partial charge in [-0.15, -0.1) is 0 Å². The van der Waals surface area contributed by atoms with E-state index in [2.05, 4.69) is 16.5 Å². The molecule has 2 fully saturated rings. The maximum absolute atomic E-state index is 3.67. The summed E-state index contributed by atoms with van der Waals surface area (Å²) >= 11 is 1.97. The zero-order chi connectivity index (χ0) is 10.5. The molecule has 0 saturated carbocycles. The first kappa shape index (κ1) is 11.7. The summed E-state index contributed by atoms with van der Waals surface area (Å²) in [5.74, 6) is 2.29. The lowest BCUT2D eigenvalue weighted by atomic mass is 9.94. The first-order valence-electron chi connectivity index (χ1n) is 6.35. The van der Waals surface area contributed by atoms with Crippen molar-refractivity contribution < 1.29 is 0 Å². The van der Waals surface area contributed by atoms with E-state index in [1.54, 1.807) is 0 Å². The van der Waals surface area contributed by atoms with Gasteiger partial charge in [0, 0.05) is 19.1 Å². The van der Waals surface area contributed by atoms with Crippen LogP contribution in [0.2, 0.25) is 0 Å². The Hall–Kier alpha value is 0.270. The molecule has 2 heterocycles. The quantitative estimate of drug-likeness (QED) is 0.723. The Kier molecular flexibility index (Phi) is 4.79. The van der Waals surface area contributed by atoms with Crippen LogP contribution in [0, 0.1) is 5.92 Å². The average molecular weight is 228 g/mol. The number of thioether (sulfide) groups is 1. The van der Waals surface area contributed by atoms with Gasteiger partial charge in [-0.25, -0.2) is 0 Å². The molecule has 0 aromatic carbocycles. The number of likely N-dealkylation sites (tertiary alicyclic amines) is 1. The lowest BCUT2D eigenvalue weighted by Gasteiger charge is -2.24. The Morgan fingerprint density at radius 2 is 2.27 bits per heavy atom. The van der Waals surface area contributed by atoms with Crippen molar-refractivity contribution in [2.75, 3.05) is 38.2 Å². The van der Waals surface area contributed by atoms with Gasteiger partial charge < -0.3 is 10.2 Å². The fourth-order valence-corrected chi connectivity index (χ4v) is 3.39. The minimum Gasteiger partial charge on any atom is -0.312 e. The molecule has 0 aromatic heterocycles. The standard InChI is InChI=1S/C12H24N2S/c1-15-8-3-2-7-14-9-11-5-4-6-13-12(11)10-14/h11-13H,2-10H2,1H3. The third-order valence-electron chi connectivity index (χ3n) is 3.75. The van der Waals surface area contributed by atoms with Crippen molar-refractivity contribution in [2.45, 2.75) is 31.7 Å². The van der Waals surface area contributed by atoms with Crippen LogP contribution in [0.1, 0.15) is 25.7 Å². The highest BCUT2D eigenvalue weighted by Gasteiger charge is 2.33. The lowest BCUT2D eigenvalue weighted by molar-refractivity contribution is 0.315. The SMILES string of the molecule is CSCCCCN1CC2CCCNC2C1. The molecule has 1 N–H and O–H groups in total. The van der Waals surface area contributed by atoms with E-state index in [1.807, 2.05) is 11.8 Å². The number of piperidine rings is 1. The van der Waals surface area contributed by atoms with Gasteiger partial charge in [0.1, 0.15) is 0 Å². The summed E-state index contributed by atoms with van der Waals surface area (Å²) < 4.78 is 0. The highest BCUT2D eigenvalue weighted by atomic mass is 32.2. The molecular weight excluding hydrogens is 204 g/mol. The van der Waals surface area contributed by atoms with Crippen LogP contribution in [0.15, 0.2) is 0 Å². The fraction of sp³-hybridized carbons (Fsp3) is 1.00. The Balaban J connectivity index is 1.63. The van der Waals surface area contributed by atoms with Gasteiger partial charge in [-0.3, -0.25) is 0 Å². The molecule has 0 radical (unpaired) electrons. The Morgan fingerprint density at radius 1 is 1.33 bits per heavy atom. The second-order valence-electron chi connectivity index (χ2n) is 4.92. The fourth-order valence-electron chi connectivity index (χ4n) is 2.90. The maximum atomic E-state index is 3.67. The second kappa shape index (κ2) is 6.12. The summed E-state index contributed by atoms with van der Waals surface area (Å²) in [6.07, 6.45) is 7.83. The number of nitrogens with one attached hydrogen (secondary N) is 1. The van der Waals surface area contributed by atoms with E-state index in [-0.39, 0.29) is 0 Å². The van der Waals surface area contributed by atoms with E-state index >= 15 is 0 Å². The lowest BCUT2D eigenvalue weighted by Crippen LogP contribution is -2.40. The van der Waals surface area contributed by atoms with E-state index < -0.39 is 0 Å². The predicted octanol–water partition coefficient (Wildman–Crippen LogP) is 1.81. The summed E-state index contributed by atoms with van der Waals surface area (Å²) in [5, 5.41) is 3.67. The molecule has 2 saturated heterocycles. The van der Waals surface area contributed by atoms with Crippen molar-refractivity contribution in [3.63, 3.8) is 0 Å². The molecule has 0 aliphatic carbocycles. The zero-order valence-corrected chi connectivity index (χ0v) is 10.7. The normalized spacial score (nSPS) is 31.8. The van der Waals surface area contributed by atoms with Crippen molar-refractivity contribution >= 4 is 11.8 Å². The van der Waals surface area contributed by atoms with E-state index in [0.29, 0.717) is 0 Å². The first-order chi connectivity index (χ1) is 7.40. The molecule has 0 bridgehead atoms. The van der Waals surface area contributed by atoms with E-state index in [9.17, 15) is 0 Å². The summed E-state index contributed by atoms with van der Waals surface area (Å²) in [7, 11) is 0. The number of hydrogen-bond acceptors (Lipinski definition) is 3. The summed E-state index contributed by atoms with van der Waals surface area (Å²) in [5.41, 5.74) is 0. The molecule has 2 unspecified atom stereocenters. The van der Waals surface area contributed by atoms with E-state index in [4.69, 9.17) is 0 Å². The molecule has 2 nitrogen and oxygen atoms in total. The monoisotopic (exact) mass is 228 g/mol. The number of unbranched alkanes of at least 4 members (excludes halogenated alkanes) is 1. The third kappa shape index (κ3) is 3.36. The number of rotatable bonds is 5. The van der Waals surface area contributed by atoms with E-state index in [0.717, 1.165) is 12.0 Å². The van der Waals surface area contributed by atoms with Crippen LogP contribution in [0.25, 0.3) is 0 Å². The van der Waals surface area contributed by atoms with Gasteiger partial charge in [0.15, 0.2) is 0 Å². The maximum Gasteiger partial charge on any atom is 0.0235 e. The molecular formula is C12H24N2S. The molecule has 2 aliphatic heterocycles. The Bertz CT molecular complexity index is 172. The zero-order valence-electron chi connectivity index (χ0n) is 9.87. The average Bonchev–Trinajstić information content (AvgIpc) is 2.67. The van der Waals surface area contributed by atoms with Crippen LogP contribution in [0.3, 0.4) is 0 Å². The Labute approximate surface area is 98.2 Å². The van der Waals surface area contributed by atoms with Crippen molar-refractivity contribution in [3.8, 4) is 0 Å². The van der Waals surface area contributed by atoms with Gasteiger partial charge in [-0.1, -0.05) is 0 Å². The van der Waals surface area contributed by atoms with Crippen LogP contribution < -0.4 is 5.32 Å². The van der Waals surface area contributed by atoms with Gasteiger partial charge in [0.05, 0.1) is 0 Å². The molecule has 0 spiro atoms. The minimum absolute atomic E-state index is 0.819. The summed E-state index contributed by atoms with van der Waals surface area (Å²) in [4.78, 5) is 2.67. The predicted molar refractivity (Wildman–Crippen MR) is 68.6 cm³/mol. The molecule has 2 rings (SSSR count). The van der Waals surface area contributed by atoms with Gasteiger partial charge >= 0.3 is 0 Å². The number of nitrogens with zero attached hydrogens (tertiary/aromatic N) is 1. The minimum atomic E-state index is 0.819. The van der Waals surface area contributed by atoms with Crippen LogP contribution >= 0.6 is 11.8 Å². The molecule has 88 valence electrons. The Morgan fingerprint density at radius 3 is 3.07 bits per heavy atom. The van der Waals surface area contributed by atoms with Crippen molar-refractivity contribution in [1.82, 2.24) is 10.2 Å². The highest BCUT2D eigenvalue weighted by molar-refractivity contribution is 7.98. The van der Waals surface area contributed by atoms with Gasteiger partial charge in [-0.2, -0.15) is 11.8 Å².